The van der Waals surface area contributed by atoms with Crippen molar-refractivity contribution < 1.29 is 4.79 Å². The zero-order valence-electron chi connectivity index (χ0n) is 14.4. The van der Waals surface area contributed by atoms with E-state index in [-0.39, 0.29) is 5.91 Å². The maximum atomic E-state index is 11.5. The molecule has 2 N–H and O–H groups in total. The van der Waals surface area contributed by atoms with Gasteiger partial charge in [0.1, 0.15) is 0 Å². The molecular weight excluding hydrogens is 298 g/mol. The molecule has 1 aliphatic heterocycles. The average Bonchev–Trinajstić information content (AvgIpc) is 2.59. The summed E-state index contributed by atoms with van der Waals surface area (Å²) in [6, 6.07) is 15.1. The second-order valence-corrected chi connectivity index (χ2v) is 6.46. The highest BCUT2D eigenvalue weighted by Gasteiger charge is 2.15. The van der Waals surface area contributed by atoms with Gasteiger partial charge in [0.05, 0.1) is 6.54 Å². The van der Waals surface area contributed by atoms with Crippen molar-refractivity contribution in [1.82, 2.24) is 10.6 Å². The predicted molar refractivity (Wildman–Crippen MR) is 98.1 cm³/mol. The highest BCUT2D eigenvalue weighted by atomic mass is 16.2. The largest absolute Gasteiger partial charge is 0.360 e. The van der Waals surface area contributed by atoms with E-state index in [0.29, 0.717) is 6.54 Å². The molecule has 0 aromatic heterocycles. The number of piperazine rings is 1. The van der Waals surface area contributed by atoms with Crippen molar-refractivity contribution in [3.63, 3.8) is 0 Å². The number of hydrogen-bond acceptors (Lipinski definition) is 3. The van der Waals surface area contributed by atoms with Crippen molar-refractivity contribution in [2.45, 2.75) is 26.9 Å². The summed E-state index contributed by atoms with van der Waals surface area (Å²) in [6.45, 7) is 8.04. The van der Waals surface area contributed by atoms with E-state index in [9.17, 15) is 4.79 Å². The molecule has 1 fully saturated rings. The fourth-order valence-corrected chi connectivity index (χ4v) is 2.95. The van der Waals surface area contributed by atoms with Gasteiger partial charge in [-0.1, -0.05) is 30.3 Å². The lowest BCUT2D eigenvalue weighted by atomic mass is 10.1. The van der Waals surface area contributed by atoms with Crippen LogP contribution < -0.4 is 15.5 Å². The quantitative estimate of drug-likeness (QED) is 0.889. The van der Waals surface area contributed by atoms with Crippen molar-refractivity contribution in [2.24, 2.45) is 0 Å². The monoisotopic (exact) mass is 323 g/mol. The molecule has 1 heterocycles. The Labute approximate surface area is 143 Å². The third-order valence-electron chi connectivity index (χ3n) is 4.57. The molecule has 1 amide bonds. The first kappa shape index (κ1) is 16.5. The van der Waals surface area contributed by atoms with Crippen LogP contribution in [0.5, 0.6) is 0 Å². The van der Waals surface area contributed by atoms with Crippen LogP contribution in [0.2, 0.25) is 0 Å². The molecule has 3 rings (SSSR count). The Morgan fingerprint density at radius 1 is 1.00 bits per heavy atom. The van der Waals surface area contributed by atoms with Crippen molar-refractivity contribution in [2.75, 3.05) is 24.5 Å². The molecule has 0 bridgehead atoms. The molecule has 1 aliphatic rings. The number of hydrogen-bond donors (Lipinski definition) is 2. The van der Waals surface area contributed by atoms with E-state index in [1.807, 2.05) is 0 Å². The second kappa shape index (κ2) is 7.49. The molecule has 4 heteroatoms. The first-order valence-electron chi connectivity index (χ1n) is 8.49. The van der Waals surface area contributed by atoms with E-state index < -0.39 is 0 Å². The highest BCUT2D eigenvalue weighted by molar-refractivity contribution is 5.82. The van der Waals surface area contributed by atoms with Gasteiger partial charge in [-0.15, -0.1) is 0 Å². The van der Waals surface area contributed by atoms with Crippen LogP contribution in [0.4, 0.5) is 5.69 Å². The third-order valence-corrected chi connectivity index (χ3v) is 4.57. The molecule has 24 heavy (non-hydrogen) atoms. The average molecular weight is 323 g/mol. The number of amides is 1. The molecule has 2 aromatic carbocycles. The number of rotatable bonds is 5. The Hall–Kier alpha value is -2.33. The number of benzene rings is 2. The maximum Gasteiger partial charge on any atom is 0.239 e. The number of aryl methyl sites for hydroxylation is 2. The van der Waals surface area contributed by atoms with Gasteiger partial charge in [-0.25, -0.2) is 0 Å². The van der Waals surface area contributed by atoms with E-state index >= 15 is 0 Å². The van der Waals surface area contributed by atoms with E-state index in [0.717, 1.165) is 31.9 Å². The fraction of sp³-hybridized carbons (Fsp3) is 0.350. The smallest absolute Gasteiger partial charge is 0.239 e. The summed E-state index contributed by atoms with van der Waals surface area (Å²) in [7, 11) is 0. The third kappa shape index (κ3) is 4.15. The van der Waals surface area contributed by atoms with E-state index in [4.69, 9.17) is 0 Å². The van der Waals surface area contributed by atoms with Crippen LogP contribution in [0, 0.1) is 13.8 Å². The van der Waals surface area contributed by atoms with E-state index in [1.54, 1.807) is 0 Å². The molecule has 4 nitrogen and oxygen atoms in total. The first-order valence-corrected chi connectivity index (χ1v) is 8.49. The summed E-state index contributed by atoms with van der Waals surface area (Å²) in [5, 5.41) is 6.35. The van der Waals surface area contributed by atoms with Gasteiger partial charge in [0.2, 0.25) is 5.91 Å². The summed E-state index contributed by atoms with van der Waals surface area (Å²) in [5.41, 5.74) is 6.35. The number of anilines is 1. The number of nitrogens with zero attached hydrogens (tertiary/aromatic N) is 1. The topological polar surface area (TPSA) is 44.4 Å². The van der Waals surface area contributed by atoms with Gasteiger partial charge >= 0.3 is 0 Å². The van der Waals surface area contributed by atoms with Crippen molar-refractivity contribution >= 4 is 11.6 Å². The standard InChI is InChI=1S/C20H25N3O/c1-15-3-4-18(11-16(15)2)13-21-12-17-5-7-19(8-6-17)23-10-9-22-20(24)14-23/h3-8,11,21H,9-10,12-14H2,1-2H3,(H,22,24). The van der Waals surface area contributed by atoms with Crippen LogP contribution in [0.1, 0.15) is 22.3 Å². The van der Waals surface area contributed by atoms with E-state index in [1.165, 1.54) is 22.3 Å². The SMILES string of the molecule is Cc1ccc(CNCc2ccc(N3CCNC(=O)C3)cc2)cc1C. The van der Waals surface area contributed by atoms with Crippen LogP contribution in [0.3, 0.4) is 0 Å². The Bertz CT molecular complexity index is 709. The summed E-state index contributed by atoms with van der Waals surface area (Å²) < 4.78 is 0. The molecular formula is C20H25N3O. The molecule has 1 saturated heterocycles. The fourth-order valence-electron chi connectivity index (χ4n) is 2.95. The second-order valence-electron chi connectivity index (χ2n) is 6.46. The predicted octanol–water partition coefficient (Wildman–Crippen LogP) is 2.53. The number of carbonyl (C=O) groups is 1. The molecule has 0 spiro atoms. The Morgan fingerprint density at radius 2 is 1.71 bits per heavy atom. The number of carbonyl (C=O) groups excluding carboxylic acids is 1. The lowest BCUT2D eigenvalue weighted by Gasteiger charge is -2.28. The van der Waals surface area contributed by atoms with Gasteiger partial charge < -0.3 is 15.5 Å². The van der Waals surface area contributed by atoms with Crippen LogP contribution in [-0.4, -0.2) is 25.5 Å². The van der Waals surface area contributed by atoms with E-state index in [2.05, 4.69) is 71.8 Å². The van der Waals surface area contributed by atoms with Crippen LogP contribution >= 0.6 is 0 Å². The van der Waals surface area contributed by atoms with Crippen LogP contribution in [0.15, 0.2) is 42.5 Å². The summed E-state index contributed by atoms with van der Waals surface area (Å²) in [6.07, 6.45) is 0. The minimum absolute atomic E-state index is 0.0976. The maximum absolute atomic E-state index is 11.5. The van der Waals surface area contributed by atoms with Crippen LogP contribution in [-0.2, 0) is 17.9 Å². The minimum atomic E-state index is 0.0976. The molecule has 0 radical (unpaired) electrons. The summed E-state index contributed by atoms with van der Waals surface area (Å²) >= 11 is 0. The van der Waals surface area contributed by atoms with Gasteiger partial charge in [-0.3, -0.25) is 4.79 Å². The van der Waals surface area contributed by atoms with Gasteiger partial charge in [-0.2, -0.15) is 0 Å². The zero-order chi connectivity index (χ0) is 16.9. The Balaban J connectivity index is 1.52. The number of nitrogens with one attached hydrogen (secondary N) is 2. The molecule has 0 atom stereocenters. The zero-order valence-corrected chi connectivity index (χ0v) is 14.4. The van der Waals surface area contributed by atoms with Gasteiger partial charge in [0, 0.05) is 31.9 Å². The first-order chi connectivity index (χ1) is 11.6. The normalized spacial score (nSPS) is 14.6. The van der Waals surface area contributed by atoms with Gasteiger partial charge in [-0.05, 0) is 48.2 Å². The lowest BCUT2D eigenvalue weighted by molar-refractivity contribution is -0.120. The Morgan fingerprint density at radius 3 is 2.42 bits per heavy atom. The molecule has 0 aliphatic carbocycles. The minimum Gasteiger partial charge on any atom is -0.360 e. The van der Waals surface area contributed by atoms with Gasteiger partial charge in [0.25, 0.3) is 0 Å². The van der Waals surface area contributed by atoms with Crippen molar-refractivity contribution in [3.05, 3.63) is 64.7 Å². The van der Waals surface area contributed by atoms with Crippen molar-refractivity contribution in [3.8, 4) is 0 Å². The van der Waals surface area contributed by atoms with Gasteiger partial charge in [0.15, 0.2) is 0 Å². The molecule has 126 valence electrons. The molecule has 0 unspecified atom stereocenters. The summed E-state index contributed by atoms with van der Waals surface area (Å²) in [4.78, 5) is 13.6. The molecule has 0 saturated carbocycles. The summed E-state index contributed by atoms with van der Waals surface area (Å²) in [5.74, 6) is 0.0976. The van der Waals surface area contributed by atoms with Crippen molar-refractivity contribution in [1.29, 1.82) is 0 Å². The van der Waals surface area contributed by atoms with Crippen LogP contribution in [0.25, 0.3) is 0 Å². The Kier molecular flexibility index (Phi) is 5.16. The highest BCUT2D eigenvalue weighted by Crippen LogP contribution is 2.16. The molecule has 2 aromatic rings. The lowest BCUT2D eigenvalue weighted by Crippen LogP contribution is -2.47.